The minimum atomic E-state index is -0.670. The van der Waals surface area contributed by atoms with Gasteiger partial charge >= 0.3 is 5.97 Å². The molecule has 25 heavy (non-hydrogen) atoms. The molecule has 0 aliphatic rings. The van der Waals surface area contributed by atoms with Gasteiger partial charge in [0.15, 0.2) is 0 Å². The van der Waals surface area contributed by atoms with Crippen molar-refractivity contribution in [3.8, 4) is 0 Å². The summed E-state index contributed by atoms with van der Waals surface area (Å²) in [5.41, 5.74) is 0. The Morgan fingerprint density at radius 3 is 1.24 bits per heavy atom. The predicted molar refractivity (Wildman–Crippen MR) is 117 cm³/mol. The molecule has 0 aromatic carbocycles. The summed E-state index contributed by atoms with van der Waals surface area (Å²) in [6.07, 6.45) is 24.6. The van der Waals surface area contributed by atoms with Gasteiger partial charge in [-0.2, -0.15) is 0 Å². The van der Waals surface area contributed by atoms with Gasteiger partial charge in [0.1, 0.15) is 0 Å². The second-order valence-corrected chi connectivity index (χ2v) is 7.81. The lowest BCUT2D eigenvalue weighted by Crippen LogP contribution is -1.93. The van der Waals surface area contributed by atoms with Gasteiger partial charge in [0.2, 0.25) is 0 Å². The molecule has 1 atom stereocenters. The molecule has 2 nitrogen and oxygen atoms in total. The molecule has 3 heteroatoms. The zero-order valence-electron chi connectivity index (χ0n) is 17.4. The number of carbonyl (C=O) groups is 1. The van der Waals surface area contributed by atoms with Gasteiger partial charge in [0.05, 0.1) is 0 Å². The molecular formula is C22H47O2P. The van der Waals surface area contributed by atoms with Gasteiger partial charge in [-0.25, -0.2) is 0 Å². The number of carboxylic acid groups (broad SMARTS) is 1. The fourth-order valence-corrected chi connectivity index (χ4v) is 3.15. The fraction of sp³-hybridized carbons (Fsp3) is 0.955. The molecule has 0 aliphatic heterocycles. The average molecular weight is 375 g/mol. The maximum absolute atomic E-state index is 10.0. The Balaban J connectivity index is 0. The van der Waals surface area contributed by atoms with E-state index in [1.54, 1.807) is 0 Å². The Kier molecular flexibility index (Phi) is 28.4. The van der Waals surface area contributed by atoms with Crippen LogP contribution >= 0.6 is 9.24 Å². The van der Waals surface area contributed by atoms with Gasteiger partial charge in [-0.1, -0.05) is 110 Å². The molecule has 0 spiro atoms. The summed E-state index contributed by atoms with van der Waals surface area (Å²) in [7, 11) is 2.81. The Hall–Kier alpha value is -0.100. The standard InChI is InChI=1S/C14H31P.C8H16O2/c1-2-3-4-5-6-7-8-9-10-11-12-13-14-15;1-2-3-4-5-6-7-8(9)10/h2-15H2,1H3;2-7H2,1H3,(H,9,10). The van der Waals surface area contributed by atoms with Gasteiger partial charge in [-0.05, 0) is 19.0 Å². The molecule has 0 heterocycles. The number of unbranched alkanes of at least 4 members (excludes halogenated alkanes) is 15. The summed E-state index contributed by atoms with van der Waals surface area (Å²) in [6, 6.07) is 0. The molecule has 0 bridgehead atoms. The number of carboxylic acids is 1. The normalized spacial score (nSPS) is 10.4. The highest BCUT2D eigenvalue weighted by Crippen LogP contribution is 2.12. The third-order valence-corrected chi connectivity index (χ3v) is 4.96. The minimum absolute atomic E-state index is 0.337. The van der Waals surface area contributed by atoms with Crippen LogP contribution in [0, 0.1) is 0 Å². The smallest absolute Gasteiger partial charge is 0.303 e. The first-order valence-electron chi connectivity index (χ1n) is 11.1. The van der Waals surface area contributed by atoms with Crippen molar-refractivity contribution >= 4 is 15.2 Å². The Morgan fingerprint density at radius 1 is 0.600 bits per heavy atom. The van der Waals surface area contributed by atoms with Crippen molar-refractivity contribution < 1.29 is 9.90 Å². The Labute approximate surface area is 161 Å². The molecule has 0 saturated heterocycles. The Bertz CT molecular complexity index is 232. The van der Waals surface area contributed by atoms with Crippen LogP contribution in [0.5, 0.6) is 0 Å². The lowest BCUT2D eigenvalue weighted by Gasteiger charge is -2.01. The molecule has 0 rings (SSSR count). The van der Waals surface area contributed by atoms with Crippen LogP contribution in [0.25, 0.3) is 0 Å². The molecule has 0 amide bonds. The highest BCUT2D eigenvalue weighted by Gasteiger charge is 1.95. The quantitative estimate of drug-likeness (QED) is 0.195. The second kappa shape index (κ2) is 26.1. The SMILES string of the molecule is CCCCCCCC(=O)O.CCCCCCCCCCCCCCP. The van der Waals surface area contributed by atoms with Crippen LogP contribution in [-0.4, -0.2) is 17.2 Å². The third kappa shape index (κ3) is 32.1. The summed E-state index contributed by atoms with van der Waals surface area (Å²) in [5.74, 6) is -0.670. The molecule has 0 aromatic heterocycles. The van der Waals surface area contributed by atoms with E-state index in [-0.39, 0.29) is 0 Å². The van der Waals surface area contributed by atoms with Gasteiger partial charge in [-0.3, -0.25) is 4.79 Å². The van der Waals surface area contributed by atoms with Crippen molar-refractivity contribution in [2.24, 2.45) is 0 Å². The molecule has 0 radical (unpaired) electrons. The summed E-state index contributed by atoms with van der Waals surface area (Å²) < 4.78 is 0. The van der Waals surface area contributed by atoms with Crippen LogP contribution in [-0.2, 0) is 4.79 Å². The lowest BCUT2D eigenvalue weighted by molar-refractivity contribution is -0.137. The molecule has 0 aromatic rings. The maximum Gasteiger partial charge on any atom is 0.303 e. The van der Waals surface area contributed by atoms with Crippen molar-refractivity contribution in [1.29, 1.82) is 0 Å². The fourth-order valence-electron chi connectivity index (χ4n) is 2.87. The monoisotopic (exact) mass is 374 g/mol. The van der Waals surface area contributed by atoms with E-state index in [9.17, 15) is 4.79 Å². The highest BCUT2D eigenvalue weighted by molar-refractivity contribution is 7.16. The van der Waals surface area contributed by atoms with Gasteiger partial charge in [0, 0.05) is 6.42 Å². The summed E-state index contributed by atoms with van der Waals surface area (Å²) in [6.45, 7) is 4.44. The van der Waals surface area contributed by atoms with E-state index in [2.05, 4.69) is 23.1 Å². The van der Waals surface area contributed by atoms with Gasteiger partial charge in [0.25, 0.3) is 0 Å². The molecule has 152 valence electrons. The van der Waals surface area contributed by atoms with E-state index >= 15 is 0 Å². The van der Waals surface area contributed by atoms with Crippen LogP contribution in [0.1, 0.15) is 129 Å². The van der Waals surface area contributed by atoms with Gasteiger partial charge < -0.3 is 5.11 Å². The summed E-state index contributed by atoms with van der Waals surface area (Å²) in [5, 5.41) is 8.27. The van der Waals surface area contributed by atoms with Crippen LogP contribution in [0.4, 0.5) is 0 Å². The highest BCUT2D eigenvalue weighted by atomic mass is 31.0. The Morgan fingerprint density at radius 2 is 0.920 bits per heavy atom. The number of rotatable bonds is 18. The minimum Gasteiger partial charge on any atom is -0.481 e. The maximum atomic E-state index is 10.0. The van der Waals surface area contributed by atoms with E-state index < -0.39 is 5.97 Å². The zero-order valence-corrected chi connectivity index (χ0v) is 18.5. The van der Waals surface area contributed by atoms with Crippen LogP contribution in [0.3, 0.4) is 0 Å². The van der Waals surface area contributed by atoms with Gasteiger partial charge in [-0.15, -0.1) is 9.24 Å². The van der Waals surface area contributed by atoms with E-state index in [0.29, 0.717) is 6.42 Å². The molecule has 0 fully saturated rings. The van der Waals surface area contributed by atoms with Crippen LogP contribution in [0.2, 0.25) is 0 Å². The third-order valence-electron chi connectivity index (χ3n) is 4.55. The molecule has 1 N–H and O–H groups in total. The van der Waals surface area contributed by atoms with E-state index in [4.69, 9.17) is 5.11 Å². The molecule has 0 saturated carbocycles. The lowest BCUT2D eigenvalue weighted by atomic mass is 10.1. The van der Waals surface area contributed by atoms with Crippen molar-refractivity contribution in [2.75, 3.05) is 6.16 Å². The molecular weight excluding hydrogens is 327 g/mol. The average Bonchev–Trinajstić information content (AvgIpc) is 2.60. The van der Waals surface area contributed by atoms with E-state index in [1.807, 2.05) is 0 Å². The van der Waals surface area contributed by atoms with Crippen LogP contribution < -0.4 is 0 Å². The van der Waals surface area contributed by atoms with E-state index in [0.717, 1.165) is 12.8 Å². The first-order chi connectivity index (χ1) is 12.2. The largest absolute Gasteiger partial charge is 0.481 e. The second-order valence-electron chi connectivity index (χ2n) is 7.24. The predicted octanol–water partition coefficient (Wildman–Crippen LogP) is 7.99. The van der Waals surface area contributed by atoms with Crippen LogP contribution in [0.15, 0.2) is 0 Å². The molecule has 0 aliphatic carbocycles. The van der Waals surface area contributed by atoms with Crippen molar-refractivity contribution in [3.05, 3.63) is 0 Å². The van der Waals surface area contributed by atoms with E-state index in [1.165, 1.54) is 102 Å². The summed E-state index contributed by atoms with van der Waals surface area (Å²) in [4.78, 5) is 10.0. The van der Waals surface area contributed by atoms with Crippen molar-refractivity contribution in [1.82, 2.24) is 0 Å². The number of aliphatic carboxylic acids is 1. The molecule has 1 unspecified atom stereocenters. The first-order valence-corrected chi connectivity index (χ1v) is 11.9. The topological polar surface area (TPSA) is 37.3 Å². The van der Waals surface area contributed by atoms with Crippen molar-refractivity contribution in [2.45, 2.75) is 129 Å². The number of hydrogen-bond acceptors (Lipinski definition) is 1. The number of hydrogen-bond donors (Lipinski definition) is 1. The zero-order chi connectivity index (χ0) is 19.0. The summed E-state index contributed by atoms with van der Waals surface area (Å²) >= 11 is 0. The van der Waals surface area contributed by atoms with Crippen molar-refractivity contribution in [3.63, 3.8) is 0 Å². The first kappa shape index (κ1) is 27.1.